The zero-order valence-electron chi connectivity index (χ0n) is 11.0. The average molecular weight is 266 g/mol. The van der Waals surface area contributed by atoms with Crippen molar-refractivity contribution < 1.29 is 4.79 Å². The number of nitrogens with zero attached hydrogens (tertiary/aromatic N) is 3. The summed E-state index contributed by atoms with van der Waals surface area (Å²) in [5, 5.41) is 7.95. The Morgan fingerprint density at radius 3 is 2.83 bits per heavy atom. The monoisotopic (exact) mass is 266 g/mol. The summed E-state index contributed by atoms with van der Waals surface area (Å²) in [4.78, 5) is 16.0. The molecule has 18 heavy (non-hydrogen) atoms. The molecule has 6 heteroatoms. The zero-order chi connectivity index (χ0) is 13.1. The molecule has 0 radical (unpaired) electrons. The minimum atomic E-state index is 0.0332. The van der Waals surface area contributed by atoms with Gasteiger partial charge in [0.2, 0.25) is 5.91 Å². The van der Waals surface area contributed by atoms with E-state index in [1.807, 2.05) is 25.6 Å². The van der Waals surface area contributed by atoms with Crippen LogP contribution in [0.5, 0.6) is 0 Å². The summed E-state index contributed by atoms with van der Waals surface area (Å²) in [6.07, 6.45) is 1.21. The Morgan fingerprint density at radius 1 is 1.50 bits per heavy atom. The standard InChI is InChI=1S/C12H18N4OS/c1-8-10(9(2)16(3)15-8)4-5-11(17)14-12-13-6-7-18-12/h4-7H2,1-3H3,(H,13,14,17). The molecule has 0 unspecified atom stereocenters. The Bertz CT molecular complexity index is 493. The van der Waals surface area contributed by atoms with Crippen molar-refractivity contribution in [2.45, 2.75) is 26.7 Å². The van der Waals surface area contributed by atoms with Gasteiger partial charge in [-0.25, -0.2) is 0 Å². The first kappa shape index (κ1) is 13.1. The molecule has 0 bridgehead atoms. The Hall–Kier alpha value is -1.30. The zero-order valence-corrected chi connectivity index (χ0v) is 11.8. The summed E-state index contributed by atoms with van der Waals surface area (Å²) in [5.41, 5.74) is 3.32. The molecule has 1 aromatic heterocycles. The van der Waals surface area contributed by atoms with Gasteiger partial charge in [-0.15, -0.1) is 0 Å². The van der Waals surface area contributed by atoms with Crippen LogP contribution in [0.1, 0.15) is 23.4 Å². The quantitative estimate of drug-likeness (QED) is 0.894. The highest BCUT2D eigenvalue weighted by molar-refractivity contribution is 8.14. The smallest absolute Gasteiger partial charge is 0.226 e. The highest BCUT2D eigenvalue weighted by Crippen LogP contribution is 2.14. The van der Waals surface area contributed by atoms with Crippen LogP contribution in [0.15, 0.2) is 4.99 Å². The summed E-state index contributed by atoms with van der Waals surface area (Å²) in [7, 11) is 1.93. The molecular weight excluding hydrogens is 248 g/mol. The normalized spacial score (nSPS) is 14.7. The first-order valence-corrected chi connectivity index (χ1v) is 7.02. The van der Waals surface area contributed by atoms with Crippen LogP contribution in [0.2, 0.25) is 0 Å². The first-order valence-electron chi connectivity index (χ1n) is 6.04. The molecule has 1 aliphatic rings. The molecule has 0 spiro atoms. The molecule has 1 amide bonds. The van der Waals surface area contributed by atoms with Crippen molar-refractivity contribution in [1.29, 1.82) is 0 Å². The molecule has 5 nitrogen and oxygen atoms in total. The van der Waals surface area contributed by atoms with E-state index in [1.54, 1.807) is 11.8 Å². The number of amides is 1. The number of amidine groups is 1. The van der Waals surface area contributed by atoms with E-state index in [4.69, 9.17) is 0 Å². The molecule has 2 heterocycles. The van der Waals surface area contributed by atoms with Crippen LogP contribution in [-0.2, 0) is 18.3 Å². The summed E-state index contributed by atoms with van der Waals surface area (Å²) in [6, 6.07) is 0. The lowest BCUT2D eigenvalue weighted by Crippen LogP contribution is -2.27. The number of hydrogen-bond donors (Lipinski definition) is 1. The fraction of sp³-hybridized carbons (Fsp3) is 0.583. The van der Waals surface area contributed by atoms with Crippen molar-refractivity contribution in [2.75, 3.05) is 12.3 Å². The van der Waals surface area contributed by atoms with E-state index in [0.29, 0.717) is 6.42 Å². The highest BCUT2D eigenvalue weighted by Gasteiger charge is 2.13. The van der Waals surface area contributed by atoms with E-state index < -0.39 is 0 Å². The number of aromatic nitrogens is 2. The van der Waals surface area contributed by atoms with Crippen molar-refractivity contribution in [1.82, 2.24) is 15.1 Å². The van der Waals surface area contributed by atoms with Gasteiger partial charge in [-0.3, -0.25) is 14.5 Å². The second-order valence-corrected chi connectivity index (χ2v) is 5.44. The SMILES string of the molecule is Cc1nn(C)c(C)c1CCC(=O)NC1=NCCS1. The van der Waals surface area contributed by atoms with Gasteiger partial charge in [0.25, 0.3) is 0 Å². The van der Waals surface area contributed by atoms with Crippen molar-refractivity contribution in [2.24, 2.45) is 12.0 Å². The van der Waals surface area contributed by atoms with E-state index in [0.717, 1.165) is 35.3 Å². The van der Waals surface area contributed by atoms with Crippen LogP contribution < -0.4 is 5.32 Å². The maximum Gasteiger partial charge on any atom is 0.226 e. The molecule has 0 saturated carbocycles. The van der Waals surface area contributed by atoms with Gasteiger partial charge in [0.05, 0.1) is 12.2 Å². The molecule has 1 N–H and O–H groups in total. The first-order chi connectivity index (χ1) is 8.58. The molecule has 0 fully saturated rings. The highest BCUT2D eigenvalue weighted by atomic mass is 32.2. The third-order valence-electron chi connectivity index (χ3n) is 3.09. The van der Waals surface area contributed by atoms with Crippen molar-refractivity contribution in [3.05, 3.63) is 17.0 Å². The number of carbonyl (C=O) groups is 1. The summed E-state index contributed by atoms with van der Waals surface area (Å²) < 4.78 is 1.86. The number of thioether (sulfide) groups is 1. The minimum Gasteiger partial charge on any atom is -0.305 e. The maximum atomic E-state index is 11.8. The number of aryl methyl sites for hydroxylation is 2. The van der Waals surface area contributed by atoms with Crippen LogP contribution >= 0.6 is 11.8 Å². The molecule has 0 saturated heterocycles. The van der Waals surface area contributed by atoms with E-state index >= 15 is 0 Å². The Balaban J connectivity index is 1.89. The fourth-order valence-corrected chi connectivity index (χ4v) is 2.75. The molecule has 1 aromatic rings. The summed E-state index contributed by atoms with van der Waals surface area (Å²) in [6.45, 7) is 4.82. The van der Waals surface area contributed by atoms with Gasteiger partial charge < -0.3 is 5.32 Å². The second-order valence-electron chi connectivity index (χ2n) is 4.36. The summed E-state index contributed by atoms with van der Waals surface area (Å²) in [5.74, 6) is 1.00. The average Bonchev–Trinajstić information content (AvgIpc) is 2.88. The number of carbonyl (C=O) groups excluding carboxylic acids is 1. The van der Waals surface area contributed by atoms with Gasteiger partial charge >= 0.3 is 0 Å². The summed E-state index contributed by atoms with van der Waals surface area (Å²) >= 11 is 1.60. The van der Waals surface area contributed by atoms with E-state index in [-0.39, 0.29) is 5.91 Å². The molecule has 0 atom stereocenters. The third kappa shape index (κ3) is 2.93. The molecule has 0 aliphatic carbocycles. The van der Waals surface area contributed by atoms with E-state index in [1.165, 1.54) is 5.56 Å². The number of rotatable bonds is 3. The number of hydrogen-bond acceptors (Lipinski definition) is 4. The maximum absolute atomic E-state index is 11.8. The fourth-order valence-electron chi connectivity index (χ4n) is 2.01. The van der Waals surface area contributed by atoms with Gasteiger partial charge in [-0.2, -0.15) is 5.10 Å². The van der Waals surface area contributed by atoms with E-state index in [9.17, 15) is 4.79 Å². The van der Waals surface area contributed by atoms with Crippen molar-refractivity contribution in [3.63, 3.8) is 0 Å². The Labute approximate surface area is 111 Å². The van der Waals surface area contributed by atoms with Crippen LogP contribution in [0.25, 0.3) is 0 Å². The Kier molecular flexibility index (Phi) is 4.06. The topological polar surface area (TPSA) is 59.3 Å². The lowest BCUT2D eigenvalue weighted by molar-refractivity contribution is -0.119. The molecule has 1 aliphatic heterocycles. The van der Waals surface area contributed by atoms with Gasteiger partial charge in [0.1, 0.15) is 0 Å². The van der Waals surface area contributed by atoms with Crippen LogP contribution in [0, 0.1) is 13.8 Å². The van der Waals surface area contributed by atoms with Crippen molar-refractivity contribution >= 4 is 22.8 Å². The van der Waals surface area contributed by atoms with Crippen LogP contribution in [-0.4, -0.2) is 33.2 Å². The van der Waals surface area contributed by atoms with Crippen LogP contribution in [0.3, 0.4) is 0 Å². The second kappa shape index (κ2) is 5.56. The molecule has 98 valence electrons. The minimum absolute atomic E-state index is 0.0332. The Morgan fingerprint density at radius 2 is 2.28 bits per heavy atom. The number of aliphatic imine (C=N–C) groups is 1. The van der Waals surface area contributed by atoms with Crippen molar-refractivity contribution in [3.8, 4) is 0 Å². The van der Waals surface area contributed by atoms with Gasteiger partial charge in [-0.1, -0.05) is 11.8 Å². The van der Waals surface area contributed by atoms with Gasteiger partial charge in [0.15, 0.2) is 5.17 Å². The predicted molar refractivity (Wildman–Crippen MR) is 73.9 cm³/mol. The lowest BCUT2D eigenvalue weighted by atomic mass is 10.1. The largest absolute Gasteiger partial charge is 0.305 e. The molecular formula is C12H18N4OS. The predicted octanol–water partition coefficient (Wildman–Crippen LogP) is 1.19. The number of nitrogens with one attached hydrogen (secondary N) is 1. The molecule has 2 rings (SSSR count). The van der Waals surface area contributed by atoms with Gasteiger partial charge in [-0.05, 0) is 25.8 Å². The van der Waals surface area contributed by atoms with Gasteiger partial charge in [0, 0.05) is 24.9 Å². The third-order valence-corrected chi connectivity index (χ3v) is 3.98. The van der Waals surface area contributed by atoms with Crippen LogP contribution in [0.4, 0.5) is 0 Å². The lowest BCUT2D eigenvalue weighted by Gasteiger charge is -2.04. The molecule has 0 aromatic carbocycles. The van der Waals surface area contributed by atoms with E-state index in [2.05, 4.69) is 15.4 Å².